The second kappa shape index (κ2) is 5.64. The van der Waals surface area contributed by atoms with Gasteiger partial charge in [-0.3, -0.25) is 4.68 Å². The topological polar surface area (TPSA) is 38.0 Å². The smallest absolute Gasteiger partial charge is 0.0803 e. The number of nitrogens with zero attached hydrogens (tertiary/aromatic N) is 2. The summed E-state index contributed by atoms with van der Waals surface area (Å²) in [6.07, 6.45) is 5.01. The van der Waals surface area contributed by atoms with Gasteiger partial charge in [-0.2, -0.15) is 5.10 Å². The molecule has 4 heteroatoms. The first-order chi connectivity index (χ1) is 8.16. The van der Waals surface area contributed by atoms with Crippen LogP contribution in [-0.4, -0.2) is 14.9 Å². The fourth-order valence-electron chi connectivity index (χ4n) is 1.81. The minimum absolute atomic E-state index is 0.400. The molecule has 0 fully saturated rings. The van der Waals surface area contributed by atoms with Crippen LogP contribution in [0.25, 0.3) is 0 Å². The maximum absolute atomic E-state index is 10.1. The summed E-state index contributed by atoms with van der Waals surface area (Å²) in [5.74, 6) is 0. The van der Waals surface area contributed by atoms with Crippen LogP contribution in [0.15, 0.2) is 36.7 Å². The molecule has 1 N–H and O–H groups in total. The summed E-state index contributed by atoms with van der Waals surface area (Å²) in [4.78, 5) is 0. The van der Waals surface area contributed by atoms with Crippen LogP contribution in [0.3, 0.4) is 0 Å². The van der Waals surface area contributed by atoms with Gasteiger partial charge >= 0.3 is 0 Å². The minimum atomic E-state index is -0.400. The molecule has 17 heavy (non-hydrogen) atoms. The van der Waals surface area contributed by atoms with Gasteiger partial charge < -0.3 is 5.11 Å². The second-order valence-corrected chi connectivity index (χ2v) is 5.26. The molecular formula is C13H15IN2O. The fraction of sp³-hybridized carbons (Fsp3) is 0.308. The predicted octanol–water partition coefficient (Wildman–Crippen LogP) is 2.69. The number of aromatic nitrogens is 2. The van der Waals surface area contributed by atoms with Crippen LogP contribution in [0.5, 0.6) is 0 Å². The molecule has 0 bridgehead atoms. The molecule has 1 heterocycles. The maximum Gasteiger partial charge on any atom is 0.0803 e. The predicted molar refractivity (Wildman–Crippen MR) is 75.6 cm³/mol. The Balaban J connectivity index is 1.98. The van der Waals surface area contributed by atoms with Crippen molar-refractivity contribution in [1.29, 1.82) is 0 Å². The third-order valence-electron chi connectivity index (χ3n) is 2.73. The fourth-order valence-corrected chi connectivity index (χ4v) is 2.55. The normalized spacial score (nSPS) is 12.6. The van der Waals surface area contributed by atoms with Crippen LogP contribution in [-0.2, 0) is 13.5 Å². The molecule has 0 radical (unpaired) electrons. The zero-order valence-electron chi connectivity index (χ0n) is 9.68. The third kappa shape index (κ3) is 3.29. The summed E-state index contributed by atoms with van der Waals surface area (Å²) in [5.41, 5.74) is 2.18. The lowest BCUT2D eigenvalue weighted by molar-refractivity contribution is 0.167. The molecule has 0 spiro atoms. The number of aliphatic hydroxyl groups is 1. The SMILES string of the molecule is Cn1cc(CCC(O)c2ccccc2I)cn1. The highest BCUT2D eigenvalue weighted by atomic mass is 127. The minimum Gasteiger partial charge on any atom is -0.388 e. The van der Waals surface area contributed by atoms with E-state index in [1.165, 1.54) is 0 Å². The van der Waals surface area contributed by atoms with Crippen molar-refractivity contribution in [2.75, 3.05) is 0 Å². The van der Waals surface area contributed by atoms with E-state index in [-0.39, 0.29) is 0 Å². The van der Waals surface area contributed by atoms with Crippen LogP contribution in [0, 0.1) is 3.57 Å². The summed E-state index contributed by atoms with van der Waals surface area (Å²) >= 11 is 2.26. The lowest BCUT2D eigenvalue weighted by Crippen LogP contribution is -2.01. The molecule has 3 nitrogen and oxygen atoms in total. The highest BCUT2D eigenvalue weighted by Crippen LogP contribution is 2.23. The quantitative estimate of drug-likeness (QED) is 0.868. The Hall–Kier alpha value is -0.880. The van der Waals surface area contributed by atoms with Crippen molar-refractivity contribution in [3.8, 4) is 0 Å². The first-order valence-electron chi connectivity index (χ1n) is 5.57. The zero-order chi connectivity index (χ0) is 12.3. The van der Waals surface area contributed by atoms with Gasteiger partial charge in [0.15, 0.2) is 0 Å². The van der Waals surface area contributed by atoms with Crippen LogP contribution in [0.4, 0.5) is 0 Å². The first kappa shape index (κ1) is 12.6. The van der Waals surface area contributed by atoms with Gasteiger partial charge in [0.2, 0.25) is 0 Å². The second-order valence-electron chi connectivity index (χ2n) is 4.10. The molecule has 90 valence electrons. The zero-order valence-corrected chi connectivity index (χ0v) is 11.8. The van der Waals surface area contributed by atoms with Crippen LogP contribution < -0.4 is 0 Å². The van der Waals surface area contributed by atoms with Gasteiger partial charge in [0, 0.05) is 16.8 Å². The summed E-state index contributed by atoms with van der Waals surface area (Å²) in [5, 5.41) is 14.3. The molecule has 2 aromatic rings. The molecule has 0 amide bonds. The van der Waals surface area contributed by atoms with E-state index < -0.39 is 6.10 Å². The van der Waals surface area contributed by atoms with Gasteiger partial charge in [0.25, 0.3) is 0 Å². The summed E-state index contributed by atoms with van der Waals surface area (Å²) in [6.45, 7) is 0. The van der Waals surface area contributed by atoms with E-state index in [0.717, 1.165) is 27.5 Å². The molecule has 1 atom stereocenters. The summed E-state index contributed by atoms with van der Waals surface area (Å²) in [6, 6.07) is 7.95. The highest BCUT2D eigenvalue weighted by molar-refractivity contribution is 14.1. The lowest BCUT2D eigenvalue weighted by Gasteiger charge is -2.11. The van der Waals surface area contributed by atoms with Gasteiger partial charge in [-0.15, -0.1) is 0 Å². The molecule has 0 aliphatic heterocycles. The Bertz CT molecular complexity index is 496. The van der Waals surface area contributed by atoms with E-state index in [2.05, 4.69) is 27.7 Å². The summed E-state index contributed by atoms with van der Waals surface area (Å²) < 4.78 is 2.90. The Morgan fingerprint density at radius 2 is 2.18 bits per heavy atom. The Morgan fingerprint density at radius 3 is 2.82 bits per heavy atom. The van der Waals surface area contributed by atoms with Crippen LogP contribution in [0.2, 0.25) is 0 Å². The lowest BCUT2D eigenvalue weighted by atomic mass is 10.0. The number of aliphatic hydroxyl groups excluding tert-OH is 1. The van der Waals surface area contributed by atoms with Gasteiger partial charge in [-0.05, 0) is 52.6 Å². The van der Waals surface area contributed by atoms with Crippen molar-refractivity contribution in [3.63, 3.8) is 0 Å². The number of benzene rings is 1. The van der Waals surface area contributed by atoms with Crippen LogP contribution in [0.1, 0.15) is 23.7 Å². The number of hydrogen-bond donors (Lipinski definition) is 1. The van der Waals surface area contributed by atoms with Crippen molar-refractivity contribution >= 4 is 22.6 Å². The van der Waals surface area contributed by atoms with Gasteiger partial charge in [-0.25, -0.2) is 0 Å². The highest BCUT2D eigenvalue weighted by Gasteiger charge is 2.10. The number of halogens is 1. The van der Waals surface area contributed by atoms with E-state index in [0.29, 0.717) is 0 Å². The Kier molecular flexibility index (Phi) is 4.17. The first-order valence-corrected chi connectivity index (χ1v) is 6.64. The largest absolute Gasteiger partial charge is 0.388 e. The van der Waals surface area contributed by atoms with Crippen molar-refractivity contribution in [1.82, 2.24) is 9.78 Å². The molecule has 1 aromatic carbocycles. The van der Waals surface area contributed by atoms with E-state index in [9.17, 15) is 5.11 Å². The van der Waals surface area contributed by atoms with Gasteiger partial charge in [0.1, 0.15) is 0 Å². The van der Waals surface area contributed by atoms with E-state index in [1.54, 1.807) is 4.68 Å². The van der Waals surface area contributed by atoms with Crippen molar-refractivity contribution < 1.29 is 5.11 Å². The van der Waals surface area contributed by atoms with Gasteiger partial charge in [0.05, 0.1) is 12.3 Å². The molecule has 2 rings (SSSR count). The van der Waals surface area contributed by atoms with E-state index >= 15 is 0 Å². The van der Waals surface area contributed by atoms with Crippen molar-refractivity contribution in [2.45, 2.75) is 18.9 Å². The third-order valence-corrected chi connectivity index (χ3v) is 3.71. The van der Waals surface area contributed by atoms with E-state index in [1.807, 2.05) is 43.7 Å². The molecular weight excluding hydrogens is 327 g/mol. The maximum atomic E-state index is 10.1. The molecule has 0 saturated carbocycles. The standard InChI is InChI=1S/C13H15IN2O/c1-16-9-10(8-15-16)6-7-13(17)11-4-2-3-5-12(11)14/h2-5,8-9,13,17H,6-7H2,1H3. The number of aryl methyl sites for hydroxylation is 2. The van der Waals surface area contributed by atoms with Crippen LogP contribution >= 0.6 is 22.6 Å². The molecule has 0 aliphatic rings. The number of hydrogen-bond acceptors (Lipinski definition) is 2. The molecule has 1 unspecified atom stereocenters. The van der Waals surface area contributed by atoms with Crippen molar-refractivity contribution in [3.05, 3.63) is 51.4 Å². The monoisotopic (exact) mass is 342 g/mol. The van der Waals surface area contributed by atoms with Gasteiger partial charge in [-0.1, -0.05) is 18.2 Å². The number of rotatable bonds is 4. The van der Waals surface area contributed by atoms with E-state index in [4.69, 9.17) is 0 Å². The summed E-state index contributed by atoms with van der Waals surface area (Å²) in [7, 11) is 1.90. The molecule has 0 aliphatic carbocycles. The Morgan fingerprint density at radius 1 is 1.41 bits per heavy atom. The average Bonchev–Trinajstić information content (AvgIpc) is 2.73. The van der Waals surface area contributed by atoms with Crippen molar-refractivity contribution in [2.24, 2.45) is 7.05 Å². The average molecular weight is 342 g/mol. The Labute approximate surface area is 115 Å². The molecule has 1 aromatic heterocycles. The molecule has 0 saturated heterocycles.